The number of pyridine rings is 1. The van der Waals surface area contributed by atoms with E-state index in [9.17, 15) is 4.79 Å². The molecule has 0 aliphatic rings. The molecule has 0 atom stereocenters. The van der Waals surface area contributed by atoms with Crippen molar-refractivity contribution in [2.75, 3.05) is 5.73 Å². The topological polar surface area (TPSA) is 68.0 Å². The second kappa shape index (κ2) is 4.97. The highest BCUT2D eigenvalue weighted by atomic mass is 32.1. The number of thiophene rings is 1. The maximum atomic E-state index is 11.8. The Labute approximate surface area is 103 Å². The first-order valence-corrected chi connectivity index (χ1v) is 6.12. The fraction of sp³-hybridized carbons (Fsp3) is 0.167. The molecule has 3 N–H and O–H groups in total. The number of aromatic nitrogens is 1. The van der Waals surface area contributed by atoms with Crippen molar-refractivity contribution in [3.8, 4) is 0 Å². The number of anilines is 1. The van der Waals surface area contributed by atoms with Crippen LogP contribution in [0.25, 0.3) is 0 Å². The Kier molecular flexibility index (Phi) is 3.39. The molecule has 0 unspecified atom stereocenters. The van der Waals surface area contributed by atoms with Gasteiger partial charge < -0.3 is 11.1 Å². The average molecular weight is 247 g/mol. The van der Waals surface area contributed by atoms with Gasteiger partial charge in [0.05, 0.1) is 5.56 Å². The predicted molar refractivity (Wildman–Crippen MR) is 68.9 cm³/mol. The second-order valence-corrected chi connectivity index (χ2v) is 4.51. The smallest absolute Gasteiger partial charge is 0.255 e. The molecule has 0 saturated heterocycles. The highest BCUT2D eigenvalue weighted by Crippen LogP contribution is 2.12. The summed E-state index contributed by atoms with van der Waals surface area (Å²) in [4.78, 5) is 15.9. The van der Waals surface area contributed by atoms with Crippen LogP contribution in [-0.4, -0.2) is 10.9 Å². The van der Waals surface area contributed by atoms with Gasteiger partial charge in [0.1, 0.15) is 0 Å². The maximum Gasteiger partial charge on any atom is 0.255 e. The van der Waals surface area contributed by atoms with Crippen molar-refractivity contribution in [2.24, 2.45) is 0 Å². The van der Waals surface area contributed by atoms with Gasteiger partial charge in [-0.05, 0) is 35.4 Å². The lowest BCUT2D eigenvalue weighted by Crippen LogP contribution is -2.23. The largest absolute Gasteiger partial charge is 0.398 e. The van der Waals surface area contributed by atoms with Gasteiger partial charge in [-0.2, -0.15) is 11.3 Å². The number of nitrogen functional groups attached to an aromatic ring is 1. The third-order valence-electron chi connectivity index (χ3n) is 2.35. The quantitative estimate of drug-likeness (QED) is 0.871. The molecule has 88 valence electrons. The van der Waals surface area contributed by atoms with Crippen LogP contribution in [0.2, 0.25) is 0 Å². The maximum absolute atomic E-state index is 11.8. The van der Waals surface area contributed by atoms with E-state index < -0.39 is 0 Å². The molecule has 0 aromatic carbocycles. The fourth-order valence-corrected chi connectivity index (χ4v) is 2.11. The minimum absolute atomic E-state index is 0.193. The first kappa shape index (κ1) is 11.6. The number of amides is 1. The van der Waals surface area contributed by atoms with Crippen LogP contribution in [0, 0.1) is 6.92 Å². The van der Waals surface area contributed by atoms with Crippen LogP contribution in [-0.2, 0) is 6.54 Å². The van der Waals surface area contributed by atoms with Gasteiger partial charge in [0.25, 0.3) is 5.91 Å². The lowest BCUT2D eigenvalue weighted by atomic mass is 10.2. The van der Waals surface area contributed by atoms with Crippen molar-refractivity contribution in [2.45, 2.75) is 13.5 Å². The Bertz CT molecular complexity index is 523. The van der Waals surface area contributed by atoms with Crippen molar-refractivity contribution >= 4 is 22.9 Å². The number of carbonyl (C=O) groups is 1. The minimum Gasteiger partial charge on any atom is -0.398 e. The first-order chi connectivity index (χ1) is 8.16. The van der Waals surface area contributed by atoms with Crippen LogP contribution in [0.4, 0.5) is 5.69 Å². The van der Waals surface area contributed by atoms with Gasteiger partial charge in [0.15, 0.2) is 0 Å². The van der Waals surface area contributed by atoms with Crippen LogP contribution in [0.1, 0.15) is 21.6 Å². The molecule has 0 aliphatic heterocycles. The zero-order chi connectivity index (χ0) is 12.3. The predicted octanol–water partition coefficient (Wildman–Crippen LogP) is 1.96. The molecule has 2 aromatic rings. The summed E-state index contributed by atoms with van der Waals surface area (Å²) in [5, 5.41) is 6.78. The summed E-state index contributed by atoms with van der Waals surface area (Å²) >= 11 is 1.60. The van der Waals surface area contributed by atoms with Gasteiger partial charge in [-0.3, -0.25) is 9.78 Å². The van der Waals surface area contributed by atoms with Crippen LogP contribution in [0.15, 0.2) is 29.1 Å². The Morgan fingerprint density at radius 2 is 2.41 bits per heavy atom. The van der Waals surface area contributed by atoms with Gasteiger partial charge in [-0.15, -0.1) is 0 Å². The molecule has 0 spiro atoms. The summed E-state index contributed by atoms with van der Waals surface area (Å²) in [7, 11) is 0. The second-order valence-electron chi connectivity index (χ2n) is 3.73. The molecule has 2 aromatic heterocycles. The number of nitrogens with two attached hydrogens (primary N) is 1. The molecule has 2 heterocycles. The SMILES string of the molecule is Cc1cc(N)c(C(=O)NCc2ccsc2)cn1. The molecule has 0 fully saturated rings. The number of aryl methyl sites for hydroxylation is 1. The lowest BCUT2D eigenvalue weighted by Gasteiger charge is -2.06. The Morgan fingerprint density at radius 1 is 1.59 bits per heavy atom. The zero-order valence-electron chi connectivity index (χ0n) is 9.43. The van der Waals surface area contributed by atoms with Crippen LogP contribution >= 0.6 is 11.3 Å². The molecule has 0 saturated carbocycles. The molecule has 1 amide bonds. The Morgan fingerprint density at radius 3 is 3.06 bits per heavy atom. The van der Waals surface area contributed by atoms with Crippen molar-refractivity contribution in [3.05, 3.63) is 45.9 Å². The summed E-state index contributed by atoms with van der Waals surface area (Å²) in [6.07, 6.45) is 1.51. The number of carbonyl (C=O) groups excluding carboxylic acids is 1. The summed E-state index contributed by atoms with van der Waals surface area (Å²) in [5.41, 5.74) is 8.54. The molecule has 0 radical (unpaired) electrons. The standard InChI is InChI=1S/C12H13N3OS/c1-8-4-11(13)10(6-14-8)12(16)15-5-9-2-3-17-7-9/h2-4,6-7H,5H2,1H3,(H2,13,14)(H,15,16). The van der Waals surface area contributed by atoms with Gasteiger partial charge in [0.2, 0.25) is 0 Å². The normalized spacial score (nSPS) is 10.2. The van der Waals surface area contributed by atoms with Gasteiger partial charge in [-0.25, -0.2) is 0 Å². The van der Waals surface area contributed by atoms with E-state index in [-0.39, 0.29) is 5.91 Å². The van der Waals surface area contributed by atoms with E-state index in [1.807, 2.05) is 23.8 Å². The van der Waals surface area contributed by atoms with Crippen molar-refractivity contribution < 1.29 is 4.79 Å². The van der Waals surface area contributed by atoms with E-state index in [2.05, 4.69) is 10.3 Å². The molecule has 4 nitrogen and oxygen atoms in total. The third-order valence-corrected chi connectivity index (χ3v) is 3.08. The number of nitrogens with one attached hydrogen (secondary N) is 1. The van der Waals surface area contributed by atoms with Crippen molar-refractivity contribution in [1.29, 1.82) is 0 Å². The van der Waals surface area contributed by atoms with E-state index in [0.29, 0.717) is 17.8 Å². The van der Waals surface area contributed by atoms with E-state index in [1.165, 1.54) is 6.20 Å². The Hall–Kier alpha value is -1.88. The van der Waals surface area contributed by atoms with Crippen LogP contribution < -0.4 is 11.1 Å². The number of nitrogens with zero attached hydrogens (tertiary/aromatic N) is 1. The molecular weight excluding hydrogens is 234 g/mol. The minimum atomic E-state index is -0.193. The molecule has 17 heavy (non-hydrogen) atoms. The van der Waals surface area contributed by atoms with Gasteiger partial charge in [0, 0.05) is 24.1 Å². The fourth-order valence-electron chi connectivity index (χ4n) is 1.44. The van der Waals surface area contributed by atoms with Crippen LogP contribution in [0.5, 0.6) is 0 Å². The average Bonchev–Trinajstić information content (AvgIpc) is 2.78. The number of hydrogen-bond donors (Lipinski definition) is 2. The molecular formula is C12H13N3OS. The molecule has 2 rings (SSSR count). The summed E-state index contributed by atoms with van der Waals surface area (Å²) in [5.74, 6) is -0.193. The molecule has 5 heteroatoms. The monoisotopic (exact) mass is 247 g/mol. The number of hydrogen-bond acceptors (Lipinski definition) is 4. The summed E-state index contributed by atoms with van der Waals surface area (Å²) in [6.45, 7) is 2.35. The third kappa shape index (κ3) is 2.82. The highest BCUT2D eigenvalue weighted by molar-refractivity contribution is 7.07. The Balaban J connectivity index is 2.04. The van der Waals surface area contributed by atoms with Crippen molar-refractivity contribution in [3.63, 3.8) is 0 Å². The van der Waals surface area contributed by atoms with E-state index in [1.54, 1.807) is 17.4 Å². The van der Waals surface area contributed by atoms with Gasteiger partial charge in [-0.1, -0.05) is 0 Å². The highest BCUT2D eigenvalue weighted by Gasteiger charge is 2.09. The lowest BCUT2D eigenvalue weighted by molar-refractivity contribution is 0.0951. The summed E-state index contributed by atoms with van der Waals surface area (Å²) < 4.78 is 0. The summed E-state index contributed by atoms with van der Waals surface area (Å²) in [6, 6.07) is 3.67. The molecule has 0 aliphatic carbocycles. The molecule has 0 bridgehead atoms. The van der Waals surface area contributed by atoms with Gasteiger partial charge >= 0.3 is 0 Å². The van der Waals surface area contributed by atoms with E-state index >= 15 is 0 Å². The van der Waals surface area contributed by atoms with E-state index in [4.69, 9.17) is 5.73 Å². The van der Waals surface area contributed by atoms with E-state index in [0.717, 1.165) is 11.3 Å². The van der Waals surface area contributed by atoms with Crippen LogP contribution in [0.3, 0.4) is 0 Å². The zero-order valence-corrected chi connectivity index (χ0v) is 10.3. The first-order valence-electron chi connectivity index (χ1n) is 5.18. The van der Waals surface area contributed by atoms with Crippen molar-refractivity contribution in [1.82, 2.24) is 10.3 Å². The number of rotatable bonds is 3.